The van der Waals surface area contributed by atoms with Gasteiger partial charge in [-0.3, -0.25) is 4.79 Å². The summed E-state index contributed by atoms with van der Waals surface area (Å²) < 4.78 is 10.6. The minimum atomic E-state index is -0.242. The van der Waals surface area contributed by atoms with Crippen molar-refractivity contribution in [2.75, 3.05) is 0 Å². The number of ketones is 1. The Morgan fingerprint density at radius 3 is 2.56 bits per heavy atom. The van der Waals surface area contributed by atoms with E-state index in [1.165, 1.54) is 12.5 Å². The number of oxazole rings is 1. The molecule has 0 aliphatic heterocycles. The molecule has 4 heteroatoms. The van der Waals surface area contributed by atoms with Crippen LogP contribution < -0.4 is 0 Å². The van der Waals surface area contributed by atoms with Crippen LogP contribution in [-0.4, -0.2) is 10.8 Å². The molecule has 2 heterocycles. The summed E-state index contributed by atoms with van der Waals surface area (Å²) in [5.41, 5.74) is 0.547. The van der Waals surface area contributed by atoms with Crippen molar-refractivity contribution in [1.29, 1.82) is 0 Å². The molecule has 3 rings (SSSR count). The van der Waals surface area contributed by atoms with Crippen LogP contribution >= 0.6 is 0 Å². The Bertz CT molecular complexity index is 653. The van der Waals surface area contributed by atoms with Crippen LogP contribution in [0, 0.1) is 0 Å². The first kappa shape index (κ1) is 10.5. The van der Waals surface area contributed by atoms with Crippen LogP contribution in [0.25, 0.3) is 11.5 Å². The lowest BCUT2D eigenvalue weighted by Crippen LogP contribution is -2.00. The minimum Gasteiger partial charge on any atom is -0.461 e. The zero-order valence-electron chi connectivity index (χ0n) is 9.37. The van der Waals surface area contributed by atoms with E-state index in [9.17, 15) is 4.79 Å². The predicted octanol–water partition coefficient (Wildman–Crippen LogP) is 3.17. The van der Waals surface area contributed by atoms with Gasteiger partial charge in [0.15, 0.2) is 11.5 Å². The summed E-state index contributed by atoms with van der Waals surface area (Å²) in [6.45, 7) is 0. The summed E-state index contributed by atoms with van der Waals surface area (Å²) >= 11 is 0. The first-order valence-corrected chi connectivity index (χ1v) is 5.44. The van der Waals surface area contributed by atoms with Crippen LogP contribution in [0.1, 0.15) is 16.2 Å². The Kier molecular flexibility index (Phi) is 2.53. The number of carbonyl (C=O) groups is 1. The molecule has 0 saturated carbocycles. The second-order valence-corrected chi connectivity index (χ2v) is 3.70. The highest BCUT2D eigenvalue weighted by Crippen LogP contribution is 2.21. The van der Waals surface area contributed by atoms with Crippen LogP contribution in [0.2, 0.25) is 0 Å². The minimum absolute atomic E-state index is 0.0626. The molecule has 0 N–H and O–H groups in total. The van der Waals surface area contributed by atoms with Crippen LogP contribution in [0.5, 0.6) is 0 Å². The SMILES string of the molecule is O=C(c1ccccc1)c1ncc(-c2ccco2)o1. The predicted molar refractivity (Wildman–Crippen MR) is 64.1 cm³/mol. The summed E-state index contributed by atoms with van der Waals surface area (Å²) in [6, 6.07) is 12.4. The smallest absolute Gasteiger partial charge is 0.268 e. The van der Waals surface area contributed by atoms with Gasteiger partial charge in [-0.15, -0.1) is 0 Å². The Morgan fingerprint density at radius 2 is 1.83 bits per heavy atom. The lowest BCUT2D eigenvalue weighted by atomic mass is 10.1. The summed E-state index contributed by atoms with van der Waals surface area (Å²) in [7, 11) is 0. The largest absolute Gasteiger partial charge is 0.461 e. The third-order valence-corrected chi connectivity index (χ3v) is 2.50. The van der Waals surface area contributed by atoms with Crippen molar-refractivity contribution < 1.29 is 13.6 Å². The number of carbonyl (C=O) groups excluding carboxylic acids is 1. The molecule has 0 atom stereocenters. The van der Waals surface area contributed by atoms with Gasteiger partial charge < -0.3 is 8.83 Å². The van der Waals surface area contributed by atoms with E-state index in [-0.39, 0.29) is 11.7 Å². The van der Waals surface area contributed by atoms with Gasteiger partial charge in [0.05, 0.1) is 12.5 Å². The maximum atomic E-state index is 12.0. The van der Waals surface area contributed by atoms with Gasteiger partial charge in [-0.1, -0.05) is 30.3 Å². The molecule has 0 radical (unpaired) electrons. The van der Waals surface area contributed by atoms with Crippen molar-refractivity contribution in [3.8, 4) is 11.5 Å². The second-order valence-electron chi connectivity index (χ2n) is 3.70. The molecule has 0 fully saturated rings. The zero-order valence-corrected chi connectivity index (χ0v) is 9.37. The van der Waals surface area contributed by atoms with Crippen LogP contribution in [0.15, 0.2) is 63.8 Å². The monoisotopic (exact) mass is 239 g/mol. The number of benzene rings is 1. The Hall–Kier alpha value is -2.62. The van der Waals surface area contributed by atoms with Gasteiger partial charge in [0, 0.05) is 5.56 Å². The summed E-state index contributed by atoms with van der Waals surface area (Å²) in [6.07, 6.45) is 3.02. The van der Waals surface area contributed by atoms with Gasteiger partial charge in [0.25, 0.3) is 5.89 Å². The van der Waals surface area contributed by atoms with Crippen molar-refractivity contribution in [2.24, 2.45) is 0 Å². The lowest BCUT2D eigenvalue weighted by molar-refractivity contribution is 0.100. The van der Waals surface area contributed by atoms with Crippen molar-refractivity contribution >= 4 is 5.78 Å². The zero-order chi connectivity index (χ0) is 12.4. The standard InChI is InChI=1S/C14H9NO3/c16-13(10-5-2-1-3-6-10)14-15-9-12(18-14)11-7-4-8-17-11/h1-9H. The average Bonchev–Trinajstić information content (AvgIpc) is 3.09. The average molecular weight is 239 g/mol. The van der Waals surface area contributed by atoms with Gasteiger partial charge in [-0.25, -0.2) is 4.98 Å². The van der Waals surface area contributed by atoms with E-state index >= 15 is 0 Å². The molecule has 0 spiro atoms. The normalized spacial score (nSPS) is 10.4. The number of hydrogen-bond acceptors (Lipinski definition) is 4. The molecular weight excluding hydrogens is 230 g/mol. The molecule has 18 heavy (non-hydrogen) atoms. The van der Waals surface area contributed by atoms with E-state index in [1.807, 2.05) is 6.07 Å². The summed E-state index contributed by atoms with van der Waals surface area (Å²) in [5.74, 6) is 0.815. The summed E-state index contributed by atoms with van der Waals surface area (Å²) in [4.78, 5) is 16.0. The van der Waals surface area contributed by atoms with Gasteiger partial charge in [0.1, 0.15) is 0 Å². The van der Waals surface area contributed by atoms with Gasteiger partial charge in [-0.2, -0.15) is 0 Å². The van der Waals surface area contributed by atoms with E-state index in [1.54, 1.807) is 36.4 Å². The molecular formula is C14H9NO3. The number of nitrogens with zero attached hydrogens (tertiary/aromatic N) is 1. The lowest BCUT2D eigenvalue weighted by Gasteiger charge is -1.94. The molecule has 1 aromatic carbocycles. The van der Waals surface area contributed by atoms with E-state index < -0.39 is 0 Å². The van der Waals surface area contributed by atoms with Crippen LogP contribution in [-0.2, 0) is 0 Å². The molecule has 4 nitrogen and oxygen atoms in total. The first-order chi connectivity index (χ1) is 8.84. The van der Waals surface area contributed by atoms with E-state index in [2.05, 4.69) is 4.98 Å². The fourth-order valence-electron chi connectivity index (χ4n) is 1.62. The fraction of sp³-hybridized carbons (Fsp3) is 0. The molecule has 0 saturated heterocycles. The fourth-order valence-corrected chi connectivity index (χ4v) is 1.62. The van der Waals surface area contributed by atoms with Gasteiger partial charge >= 0.3 is 0 Å². The molecule has 0 amide bonds. The highest BCUT2D eigenvalue weighted by molar-refractivity contribution is 6.05. The first-order valence-electron chi connectivity index (χ1n) is 5.44. The van der Waals surface area contributed by atoms with Crippen LogP contribution in [0.3, 0.4) is 0 Å². The Labute approximate surface area is 103 Å². The molecule has 0 aliphatic rings. The highest BCUT2D eigenvalue weighted by Gasteiger charge is 2.16. The maximum absolute atomic E-state index is 12.0. The molecule has 0 unspecified atom stereocenters. The number of furan rings is 1. The highest BCUT2D eigenvalue weighted by atomic mass is 16.4. The van der Waals surface area contributed by atoms with Gasteiger partial charge in [-0.05, 0) is 12.1 Å². The van der Waals surface area contributed by atoms with Crippen molar-refractivity contribution in [3.05, 3.63) is 66.4 Å². The van der Waals surface area contributed by atoms with E-state index in [0.717, 1.165) is 0 Å². The number of aromatic nitrogens is 1. The summed E-state index contributed by atoms with van der Waals surface area (Å²) in [5, 5.41) is 0. The molecule has 0 bridgehead atoms. The second kappa shape index (κ2) is 4.33. The molecule has 2 aromatic heterocycles. The Morgan fingerprint density at radius 1 is 1.00 bits per heavy atom. The molecule has 0 aliphatic carbocycles. The van der Waals surface area contributed by atoms with Crippen LogP contribution in [0.4, 0.5) is 0 Å². The van der Waals surface area contributed by atoms with Crippen molar-refractivity contribution in [1.82, 2.24) is 4.98 Å². The maximum Gasteiger partial charge on any atom is 0.268 e. The number of hydrogen-bond donors (Lipinski definition) is 0. The Balaban J connectivity index is 1.93. The molecule has 88 valence electrons. The van der Waals surface area contributed by atoms with Crippen molar-refractivity contribution in [2.45, 2.75) is 0 Å². The third kappa shape index (κ3) is 1.84. The third-order valence-electron chi connectivity index (χ3n) is 2.50. The van der Waals surface area contributed by atoms with Gasteiger partial charge in [0.2, 0.25) is 5.78 Å². The van der Waals surface area contributed by atoms with E-state index in [0.29, 0.717) is 17.1 Å². The molecule has 3 aromatic rings. The quantitative estimate of drug-likeness (QED) is 0.659. The topological polar surface area (TPSA) is 56.2 Å². The van der Waals surface area contributed by atoms with E-state index in [4.69, 9.17) is 8.83 Å². The number of rotatable bonds is 3. The van der Waals surface area contributed by atoms with Crippen molar-refractivity contribution in [3.63, 3.8) is 0 Å².